The smallest absolute Gasteiger partial charge is 0.245 e. The molecule has 0 aliphatic carbocycles. The second-order valence-electron chi connectivity index (χ2n) is 5.95. The predicted molar refractivity (Wildman–Crippen MR) is 103 cm³/mol. The summed E-state index contributed by atoms with van der Waals surface area (Å²) in [7, 11) is -3.65. The van der Waals surface area contributed by atoms with Crippen LogP contribution in [0.15, 0.2) is 42.5 Å². The largest absolute Gasteiger partial charge is 0.324 e. The molecule has 2 rings (SSSR count). The van der Waals surface area contributed by atoms with Gasteiger partial charge in [0.15, 0.2) is 0 Å². The second kappa shape index (κ2) is 8.02. The van der Waals surface area contributed by atoms with Crippen LogP contribution in [0.4, 0.5) is 11.4 Å². The van der Waals surface area contributed by atoms with Gasteiger partial charge in [0.2, 0.25) is 15.9 Å². The van der Waals surface area contributed by atoms with E-state index in [9.17, 15) is 13.2 Å². The number of para-hydroxylation sites is 1. The van der Waals surface area contributed by atoms with Crippen molar-refractivity contribution >= 4 is 27.3 Å². The van der Waals surface area contributed by atoms with Crippen molar-refractivity contribution in [3.63, 3.8) is 0 Å². The Balaban J connectivity index is 2.33. The summed E-state index contributed by atoms with van der Waals surface area (Å²) in [5.74, 6) is -0.476. The lowest BCUT2D eigenvalue weighted by molar-refractivity contribution is -0.114. The molecule has 26 heavy (non-hydrogen) atoms. The Kier molecular flexibility index (Phi) is 6.01. The summed E-state index contributed by atoms with van der Waals surface area (Å²) in [6.07, 6.45) is 1.73. The van der Waals surface area contributed by atoms with E-state index in [1.54, 1.807) is 18.2 Å². The standard InChI is InChI=1S/C19H21N3O3S/c1-4-16-9-5-7-14(2)19(16)22(26(3,24)25)13-18(23)21-17-10-6-8-15(11-17)12-20/h5-11H,4,13H2,1-3H3,(H,21,23). The van der Waals surface area contributed by atoms with E-state index in [0.717, 1.165) is 21.7 Å². The summed E-state index contributed by atoms with van der Waals surface area (Å²) in [6, 6.07) is 14.0. The molecule has 0 saturated carbocycles. The van der Waals surface area contributed by atoms with Gasteiger partial charge in [0.25, 0.3) is 0 Å². The zero-order valence-corrected chi connectivity index (χ0v) is 15.8. The van der Waals surface area contributed by atoms with E-state index in [2.05, 4.69) is 5.32 Å². The van der Waals surface area contributed by atoms with Gasteiger partial charge in [-0.2, -0.15) is 5.26 Å². The van der Waals surface area contributed by atoms with Crippen LogP contribution < -0.4 is 9.62 Å². The van der Waals surface area contributed by atoms with E-state index in [1.807, 2.05) is 38.1 Å². The van der Waals surface area contributed by atoms with Gasteiger partial charge < -0.3 is 5.32 Å². The molecule has 0 aliphatic heterocycles. The fraction of sp³-hybridized carbons (Fsp3) is 0.263. The lowest BCUT2D eigenvalue weighted by Gasteiger charge is -2.26. The van der Waals surface area contributed by atoms with Crippen molar-refractivity contribution in [2.24, 2.45) is 0 Å². The van der Waals surface area contributed by atoms with Crippen LogP contribution >= 0.6 is 0 Å². The first-order valence-corrected chi connectivity index (χ1v) is 9.97. The maximum Gasteiger partial charge on any atom is 0.245 e. The lowest BCUT2D eigenvalue weighted by Crippen LogP contribution is -2.38. The fourth-order valence-corrected chi connectivity index (χ4v) is 3.67. The number of hydrogen-bond donors (Lipinski definition) is 1. The Morgan fingerprint density at radius 3 is 2.54 bits per heavy atom. The summed E-state index contributed by atoms with van der Waals surface area (Å²) in [5.41, 5.74) is 3.04. The van der Waals surface area contributed by atoms with Crippen molar-refractivity contribution in [2.75, 3.05) is 22.4 Å². The third-order valence-electron chi connectivity index (χ3n) is 3.91. The second-order valence-corrected chi connectivity index (χ2v) is 7.85. The average molecular weight is 371 g/mol. The lowest BCUT2D eigenvalue weighted by atomic mass is 10.1. The molecule has 2 aromatic carbocycles. The number of nitrogens with one attached hydrogen (secondary N) is 1. The maximum atomic E-state index is 12.5. The number of amides is 1. The van der Waals surface area contributed by atoms with Crippen LogP contribution in [0.2, 0.25) is 0 Å². The van der Waals surface area contributed by atoms with E-state index < -0.39 is 15.9 Å². The van der Waals surface area contributed by atoms with E-state index in [-0.39, 0.29) is 6.54 Å². The minimum atomic E-state index is -3.65. The molecule has 1 amide bonds. The number of nitrogens with zero attached hydrogens (tertiary/aromatic N) is 2. The molecule has 1 N–H and O–H groups in total. The van der Waals surface area contributed by atoms with Gasteiger partial charge in [-0.3, -0.25) is 9.10 Å². The molecule has 0 radical (unpaired) electrons. The van der Waals surface area contributed by atoms with Crippen molar-refractivity contribution in [3.8, 4) is 6.07 Å². The van der Waals surface area contributed by atoms with E-state index in [4.69, 9.17) is 5.26 Å². The molecule has 136 valence electrons. The fourth-order valence-electron chi connectivity index (χ4n) is 2.72. The molecule has 0 saturated heterocycles. The normalized spacial score (nSPS) is 10.8. The minimum Gasteiger partial charge on any atom is -0.324 e. The summed E-state index contributed by atoms with van der Waals surface area (Å²) < 4.78 is 25.8. The molecule has 0 atom stereocenters. The van der Waals surface area contributed by atoms with Gasteiger partial charge in [0.1, 0.15) is 6.54 Å². The van der Waals surface area contributed by atoms with Crippen molar-refractivity contribution in [2.45, 2.75) is 20.3 Å². The van der Waals surface area contributed by atoms with E-state index in [1.165, 1.54) is 6.07 Å². The van der Waals surface area contributed by atoms with Crippen LogP contribution in [-0.4, -0.2) is 27.1 Å². The number of rotatable bonds is 6. The van der Waals surface area contributed by atoms with Crippen LogP contribution in [0.25, 0.3) is 0 Å². The highest BCUT2D eigenvalue weighted by atomic mass is 32.2. The predicted octanol–water partition coefficient (Wildman–Crippen LogP) is 2.83. The summed E-state index contributed by atoms with van der Waals surface area (Å²) in [4.78, 5) is 12.5. The quantitative estimate of drug-likeness (QED) is 0.845. The molecule has 0 heterocycles. The molecule has 2 aromatic rings. The van der Waals surface area contributed by atoms with Crippen LogP contribution in [0.5, 0.6) is 0 Å². The third-order valence-corrected chi connectivity index (χ3v) is 5.03. The van der Waals surface area contributed by atoms with Crippen molar-refractivity contribution in [1.82, 2.24) is 0 Å². The molecule has 0 unspecified atom stereocenters. The topological polar surface area (TPSA) is 90.3 Å². The Labute approximate surface area is 154 Å². The molecule has 0 aromatic heterocycles. The number of nitriles is 1. The van der Waals surface area contributed by atoms with Crippen molar-refractivity contribution in [1.29, 1.82) is 5.26 Å². The monoisotopic (exact) mass is 371 g/mol. The molecule has 0 aliphatic rings. The van der Waals surface area contributed by atoms with Gasteiger partial charge in [-0.15, -0.1) is 0 Å². The first-order chi connectivity index (χ1) is 12.3. The van der Waals surface area contributed by atoms with Gasteiger partial charge in [0.05, 0.1) is 23.6 Å². The highest BCUT2D eigenvalue weighted by Gasteiger charge is 2.24. The number of anilines is 2. The molecular formula is C19H21N3O3S. The number of sulfonamides is 1. The molecule has 6 nitrogen and oxygen atoms in total. The summed E-state index contributed by atoms with van der Waals surface area (Å²) >= 11 is 0. The minimum absolute atomic E-state index is 0.340. The number of carbonyl (C=O) groups excluding carboxylic acids is 1. The first kappa shape index (κ1) is 19.5. The number of aryl methyl sites for hydroxylation is 2. The van der Waals surface area contributed by atoms with Crippen LogP contribution in [0.1, 0.15) is 23.6 Å². The van der Waals surface area contributed by atoms with Gasteiger partial charge in [-0.25, -0.2) is 8.42 Å². The number of carbonyl (C=O) groups is 1. The van der Waals surface area contributed by atoms with Crippen molar-refractivity contribution in [3.05, 3.63) is 59.2 Å². The Bertz CT molecular complexity index is 962. The summed E-state index contributed by atoms with van der Waals surface area (Å²) in [5, 5.41) is 11.6. The zero-order chi connectivity index (χ0) is 19.3. The van der Waals surface area contributed by atoms with E-state index in [0.29, 0.717) is 23.4 Å². The van der Waals surface area contributed by atoms with Crippen LogP contribution in [0, 0.1) is 18.3 Å². The Hall–Kier alpha value is -2.85. The molecule has 0 spiro atoms. The molecule has 0 fully saturated rings. The highest BCUT2D eigenvalue weighted by molar-refractivity contribution is 7.92. The Morgan fingerprint density at radius 1 is 1.23 bits per heavy atom. The average Bonchev–Trinajstić information content (AvgIpc) is 2.59. The number of hydrogen-bond acceptors (Lipinski definition) is 4. The third kappa shape index (κ3) is 4.61. The van der Waals surface area contributed by atoms with Gasteiger partial charge >= 0.3 is 0 Å². The highest BCUT2D eigenvalue weighted by Crippen LogP contribution is 2.27. The molecule has 7 heteroatoms. The van der Waals surface area contributed by atoms with Crippen LogP contribution in [0.3, 0.4) is 0 Å². The SMILES string of the molecule is CCc1cccc(C)c1N(CC(=O)Nc1cccc(C#N)c1)S(C)(=O)=O. The molecular weight excluding hydrogens is 350 g/mol. The van der Waals surface area contributed by atoms with E-state index >= 15 is 0 Å². The zero-order valence-electron chi connectivity index (χ0n) is 15.0. The summed E-state index contributed by atoms with van der Waals surface area (Å²) in [6.45, 7) is 3.42. The van der Waals surface area contributed by atoms with Crippen molar-refractivity contribution < 1.29 is 13.2 Å². The maximum absolute atomic E-state index is 12.5. The van der Waals surface area contributed by atoms with Crippen LogP contribution in [-0.2, 0) is 21.2 Å². The van der Waals surface area contributed by atoms with Gasteiger partial charge in [0, 0.05) is 5.69 Å². The Morgan fingerprint density at radius 2 is 1.92 bits per heavy atom. The number of benzene rings is 2. The first-order valence-electron chi connectivity index (χ1n) is 8.12. The molecule has 0 bridgehead atoms. The van der Waals surface area contributed by atoms with Gasteiger partial charge in [-0.1, -0.05) is 31.2 Å². The van der Waals surface area contributed by atoms with Gasteiger partial charge in [-0.05, 0) is 42.7 Å².